The van der Waals surface area contributed by atoms with Crippen LogP contribution in [0.25, 0.3) is 11.2 Å². The molecular weight excluding hydrogens is 278 g/mol. The highest BCUT2D eigenvalue weighted by Crippen LogP contribution is 2.36. The van der Waals surface area contributed by atoms with E-state index in [1.54, 1.807) is 25.2 Å². The van der Waals surface area contributed by atoms with Crippen LogP contribution in [-0.4, -0.2) is 50.8 Å². The van der Waals surface area contributed by atoms with Crippen LogP contribution in [0.1, 0.15) is 12.6 Å². The SMILES string of the molecule is COC[C@H]1O[C@@H](n2cnc3c(N)ncnc32)CC1SC. The van der Waals surface area contributed by atoms with Crippen molar-refractivity contribution in [3.8, 4) is 0 Å². The number of nitrogen functional groups attached to an aromatic ring is 1. The second kappa shape index (κ2) is 5.55. The number of hydrogen-bond acceptors (Lipinski definition) is 7. The van der Waals surface area contributed by atoms with E-state index < -0.39 is 0 Å². The summed E-state index contributed by atoms with van der Waals surface area (Å²) in [5.74, 6) is 0.390. The summed E-state index contributed by atoms with van der Waals surface area (Å²) in [6.45, 7) is 0.589. The summed E-state index contributed by atoms with van der Waals surface area (Å²) in [6.07, 6.45) is 6.13. The van der Waals surface area contributed by atoms with E-state index in [0.717, 1.165) is 6.42 Å². The Morgan fingerprint density at radius 2 is 2.35 bits per heavy atom. The first kappa shape index (κ1) is 13.6. The monoisotopic (exact) mass is 295 g/mol. The summed E-state index contributed by atoms with van der Waals surface area (Å²) in [5, 5.41) is 0.400. The van der Waals surface area contributed by atoms with Gasteiger partial charge in [-0.15, -0.1) is 0 Å². The molecule has 3 atom stereocenters. The molecule has 2 N–H and O–H groups in total. The van der Waals surface area contributed by atoms with Crippen LogP contribution >= 0.6 is 11.8 Å². The van der Waals surface area contributed by atoms with Gasteiger partial charge in [-0.05, 0) is 6.26 Å². The lowest BCUT2D eigenvalue weighted by Crippen LogP contribution is -2.23. The maximum absolute atomic E-state index is 6.07. The summed E-state index contributed by atoms with van der Waals surface area (Å²) in [7, 11) is 1.69. The van der Waals surface area contributed by atoms with Crippen LogP contribution in [-0.2, 0) is 9.47 Å². The largest absolute Gasteiger partial charge is 0.382 e. The third kappa shape index (κ3) is 2.23. The van der Waals surface area contributed by atoms with Crippen molar-refractivity contribution in [3.05, 3.63) is 12.7 Å². The number of anilines is 1. The van der Waals surface area contributed by atoms with Gasteiger partial charge in [-0.3, -0.25) is 4.57 Å². The van der Waals surface area contributed by atoms with Crippen LogP contribution in [0.2, 0.25) is 0 Å². The fraction of sp³-hybridized carbons (Fsp3) is 0.583. The molecule has 3 rings (SSSR count). The zero-order valence-corrected chi connectivity index (χ0v) is 12.2. The van der Waals surface area contributed by atoms with Crippen LogP contribution in [0.15, 0.2) is 12.7 Å². The van der Waals surface area contributed by atoms with Gasteiger partial charge in [0.25, 0.3) is 0 Å². The highest BCUT2D eigenvalue weighted by atomic mass is 32.2. The predicted octanol–water partition coefficient (Wildman–Crippen LogP) is 1.07. The van der Waals surface area contributed by atoms with Gasteiger partial charge in [0.2, 0.25) is 0 Å². The van der Waals surface area contributed by atoms with Crippen molar-refractivity contribution in [3.63, 3.8) is 0 Å². The number of thioether (sulfide) groups is 1. The van der Waals surface area contributed by atoms with Gasteiger partial charge in [-0.25, -0.2) is 15.0 Å². The van der Waals surface area contributed by atoms with Gasteiger partial charge in [-0.2, -0.15) is 11.8 Å². The van der Waals surface area contributed by atoms with Crippen molar-refractivity contribution in [2.75, 3.05) is 25.7 Å². The van der Waals surface area contributed by atoms with Crippen LogP contribution in [0, 0.1) is 0 Å². The first-order chi connectivity index (χ1) is 9.74. The zero-order valence-electron chi connectivity index (χ0n) is 11.4. The molecule has 7 nitrogen and oxygen atoms in total. The molecule has 20 heavy (non-hydrogen) atoms. The molecule has 108 valence electrons. The number of ether oxygens (including phenoxy) is 2. The maximum atomic E-state index is 6.07. The molecule has 0 aliphatic carbocycles. The first-order valence-electron chi connectivity index (χ1n) is 6.34. The number of fused-ring (bicyclic) bond motifs is 1. The van der Waals surface area contributed by atoms with Gasteiger partial charge >= 0.3 is 0 Å². The molecule has 0 aromatic carbocycles. The Labute approximate surface area is 120 Å². The lowest BCUT2D eigenvalue weighted by atomic mass is 10.2. The van der Waals surface area contributed by atoms with Crippen LogP contribution in [0.5, 0.6) is 0 Å². The van der Waals surface area contributed by atoms with Gasteiger partial charge < -0.3 is 15.2 Å². The summed E-state index contributed by atoms with van der Waals surface area (Å²) in [6, 6.07) is 0. The minimum atomic E-state index is -0.0908. The van der Waals surface area contributed by atoms with E-state index in [0.29, 0.717) is 28.8 Å². The molecule has 1 aliphatic heterocycles. The number of nitrogens with zero attached hydrogens (tertiary/aromatic N) is 4. The average Bonchev–Trinajstić information content (AvgIpc) is 3.03. The van der Waals surface area contributed by atoms with Crippen molar-refractivity contribution < 1.29 is 9.47 Å². The third-order valence-corrected chi connectivity index (χ3v) is 4.61. The fourth-order valence-electron chi connectivity index (χ4n) is 2.51. The molecule has 0 bridgehead atoms. The normalized spacial score (nSPS) is 26.4. The number of hydrogen-bond donors (Lipinski definition) is 1. The van der Waals surface area contributed by atoms with Crippen LogP contribution in [0.4, 0.5) is 5.82 Å². The molecule has 0 saturated carbocycles. The van der Waals surface area contributed by atoms with E-state index in [1.165, 1.54) is 6.33 Å². The van der Waals surface area contributed by atoms with E-state index in [1.807, 2.05) is 4.57 Å². The van der Waals surface area contributed by atoms with Crippen molar-refractivity contribution >= 4 is 28.7 Å². The molecule has 2 aromatic rings. The number of nitrogens with two attached hydrogens (primary N) is 1. The lowest BCUT2D eigenvalue weighted by Gasteiger charge is -2.15. The highest BCUT2D eigenvalue weighted by molar-refractivity contribution is 7.99. The Morgan fingerprint density at radius 1 is 1.50 bits per heavy atom. The highest BCUT2D eigenvalue weighted by Gasteiger charge is 2.36. The molecule has 1 aliphatic rings. The molecule has 1 fully saturated rings. The molecule has 8 heteroatoms. The second-order valence-corrected chi connectivity index (χ2v) is 5.75. The Kier molecular flexibility index (Phi) is 3.77. The van der Waals surface area contributed by atoms with E-state index in [9.17, 15) is 0 Å². The topological polar surface area (TPSA) is 88.1 Å². The number of rotatable bonds is 4. The quantitative estimate of drug-likeness (QED) is 0.902. The van der Waals surface area contributed by atoms with Gasteiger partial charge in [0.05, 0.1) is 19.0 Å². The number of imidazole rings is 1. The van der Waals surface area contributed by atoms with Crippen molar-refractivity contribution in [1.82, 2.24) is 19.5 Å². The predicted molar refractivity (Wildman–Crippen MR) is 77.4 cm³/mol. The Bertz CT molecular complexity index is 605. The smallest absolute Gasteiger partial charge is 0.167 e. The molecule has 3 heterocycles. The maximum Gasteiger partial charge on any atom is 0.167 e. The average molecular weight is 295 g/mol. The van der Waals surface area contributed by atoms with Crippen molar-refractivity contribution in [2.24, 2.45) is 0 Å². The molecule has 0 spiro atoms. The minimum Gasteiger partial charge on any atom is -0.382 e. The van der Waals surface area contributed by atoms with E-state index in [4.69, 9.17) is 15.2 Å². The Balaban J connectivity index is 1.90. The Morgan fingerprint density at radius 3 is 3.10 bits per heavy atom. The summed E-state index contributed by atoms with van der Waals surface area (Å²) in [4.78, 5) is 12.5. The van der Waals surface area contributed by atoms with Gasteiger partial charge in [-0.1, -0.05) is 0 Å². The van der Waals surface area contributed by atoms with Crippen LogP contribution < -0.4 is 5.73 Å². The van der Waals surface area contributed by atoms with Crippen LogP contribution in [0.3, 0.4) is 0 Å². The van der Waals surface area contributed by atoms with Gasteiger partial charge in [0.1, 0.15) is 18.1 Å². The van der Waals surface area contributed by atoms with E-state index in [2.05, 4.69) is 21.2 Å². The molecule has 2 aromatic heterocycles. The molecule has 0 radical (unpaired) electrons. The Hall–Kier alpha value is -1.38. The standard InChI is InChI=1S/C12H17N5O2S/c1-18-4-7-8(20-2)3-9(19-7)17-6-16-10-11(13)14-5-15-12(10)17/h5-9H,3-4H2,1-2H3,(H2,13,14,15)/t7-,8?,9-/m1/s1. The second-order valence-electron chi connectivity index (χ2n) is 4.68. The molecule has 0 amide bonds. The summed E-state index contributed by atoms with van der Waals surface area (Å²) < 4.78 is 13.2. The van der Waals surface area contributed by atoms with Crippen molar-refractivity contribution in [1.29, 1.82) is 0 Å². The number of aromatic nitrogens is 4. The molecule has 1 saturated heterocycles. The summed E-state index contributed by atoms with van der Waals surface area (Å²) >= 11 is 1.79. The van der Waals surface area contributed by atoms with E-state index in [-0.39, 0.29) is 12.3 Å². The van der Waals surface area contributed by atoms with Gasteiger partial charge in [0, 0.05) is 18.8 Å². The zero-order chi connectivity index (χ0) is 14.1. The molecule has 1 unspecified atom stereocenters. The molecular formula is C12H17N5O2S. The first-order valence-corrected chi connectivity index (χ1v) is 7.63. The summed E-state index contributed by atoms with van der Waals surface area (Å²) in [5.41, 5.74) is 7.13. The number of methoxy groups -OCH3 is 1. The lowest BCUT2D eigenvalue weighted by molar-refractivity contribution is -0.0291. The fourth-order valence-corrected chi connectivity index (χ4v) is 3.32. The van der Waals surface area contributed by atoms with Crippen molar-refractivity contribution in [2.45, 2.75) is 24.0 Å². The third-order valence-electron chi connectivity index (χ3n) is 3.51. The van der Waals surface area contributed by atoms with Gasteiger partial charge in [0.15, 0.2) is 11.5 Å². The minimum absolute atomic E-state index is 0.0802. The van der Waals surface area contributed by atoms with E-state index >= 15 is 0 Å².